The van der Waals surface area contributed by atoms with Gasteiger partial charge in [-0.25, -0.2) is 0 Å². The monoisotopic (exact) mass is 220 g/mol. The van der Waals surface area contributed by atoms with Crippen molar-refractivity contribution in [3.63, 3.8) is 0 Å². The second-order valence-corrected chi connectivity index (χ2v) is 18.6. The first kappa shape index (κ1) is 10.3. The van der Waals surface area contributed by atoms with Crippen LogP contribution in [-0.2, 0) is 0 Å². The normalized spacial score (nSPS) is 14.0. The van der Waals surface area contributed by atoms with Crippen molar-refractivity contribution in [1.29, 1.82) is 0 Å². The van der Waals surface area contributed by atoms with Crippen LogP contribution < -0.4 is 0 Å². The van der Waals surface area contributed by atoms with Gasteiger partial charge >= 0.3 is 0 Å². The third-order valence-corrected chi connectivity index (χ3v) is 10.2. The summed E-state index contributed by atoms with van der Waals surface area (Å²) in [6, 6.07) is 0. The quantitative estimate of drug-likeness (QED) is 0.495. The molecule has 9 heavy (non-hydrogen) atoms. The summed E-state index contributed by atoms with van der Waals surface area (Å²) in [6.45, 7) is 4.11. The van der Waals surface area contributed by atoms with E-state index in [4.69, 9.17) is 33.2 Å². The Morgan fingerprint density at radius 2 is 1.33 bits per heavy atom. The Kier molecular flexibility index (Phi) is 3.59. The van der Waals surface area contributed by atoms with Crippen LogP contribution in [-0.4, -0.2) is 14.1 Å². The molecule has 56 valence electrons. The first-order valence-electron chi connectivity index (χ1n) is 2.77. The van der Waals surface area contributed by atoms with Crippen LogP contribution >= 0.6 is 33.2 Å². The molecule has 0 amide bonds. The fraction of sp³-hybridized carbons (Fsp3) is 1.00. The molecule has 0 saturated carbocycles. The molecule has 0 aliphatic heterocycles. The van der Waals surface area contributed by atoms with Crippen molar-refractivity contribution in [2.75, 3.05) is 0 Å². The van der Waals surface area contributed by atoms with E-state index in [0.717, 1.165) is 5.67 Å². The summed E-state index contributed by atoms with van der Waals surface area (Å²) in [5.74, 6) is 0. The molecule has 0 radical (unpaired) electrons. The van der Waals surface area contributed by atoms with E-state index in [1.807, 2.05) is 6.55 Å². The zero-order chi connectivity index (χ0) is 7.71. The lowest BCUT2D eigenvalue weighted by Gasteiger charge is -2.18. The van der Waals surface area contributed by atoms with Gasteiger partial charge in [-0.05, 0) is 12.2 Å². The van der Waals surface area contributed by atoms with Gasteiger partial charge in [-0.2, -0.15) is 11.1 Å². The molecule has 0 aliphatic carbocycles. The fourth-order valence-corrected chi connectivity index (χ4v) is 16.3. The summed E-state index contributed by atoms with van der Waals surface area (Å²) in [5, 5.41) is 0. The summed E-state index contributed by atoms with van der Waals surface area (Å²) in [5.41, 5.74) is 0.866. The van der Waals surface area contributed by atoms with E-state index in [1.165, 1.54) is 0 Å². The summed E-state index contributed by atoms with van der Waals surface area (Å²) >= 11 is 17.8. The Balaban J connectivity index is 3.75. The highest BCUT2D eigenvalue weighted by molar-refractivity contribution is 7.49. The largest absolute Gasteiger partial charge is 0.247 e. The Labute approximate surface area is 72.6 Å². The van der Waals surface area contributed by atoms with E-state index in [0.29, 0.717) is 0 Å². The zero-order valence-electron chi connectivity index (χ0n) is 5.84. The lowest BCUT2D eigenvalue weighted by Crippen LogP contribution is -2.28. The Morgan fingerprint density at radius 3 is 1.33 bits per heavy atom. The van der Waals surface area contributed by atoms with E-state index in [2.05, 4.69) is 13.1 Å². The maximum absolute atomic E-state index is 6.02. The molecule has 0 atom stereocenters. The van der Waals surface area contributed by atoms with E-state index in [9.17, 15) is 0 Å². The van der Waals surface area contributed by atoms with Crippen LogP contribution in [0.4, 0.5) is 0 Å². The molecule has 0 heterocycles. The molecule has 0 N–H and O–H groups in total. The Morgan fingerprint density at radius 1 is 1.00 bits per heavy atom. The zero-order valence-corrected chi connectivity index (χ0v) is 10.1. The van der Waals surface area contributed by atoms with Crippen molar-refractivity contribution in [1.82, 2.24) is 0 Å². The number of halogens is 3. The minimum absolute atomic E-state index is 0.866. The molecule has 0 aliphatic rings. The Bertz CT molecular complexity index is 79.0. The van der Waals surface area contributed by atoms with Crippen LogP contribution in [0, 0.1) is 0 Å². The first-order valence-corrected chi connectivity index (χ1v) is 11.7. The fourth-order valence-electron chi connectivity index (χ4n) is 0.738. The van der Waals surface area contributed by atoms with Gasteiger partial charge in [-0.3, -0.25) is 0 Å². The standard InChI is InChI=1S/C4H11Cl3Si2/c1-8(2,5)4-9(3,6)7/h4H2,1-3H3. The lowest BCUT2D eigenvalue weighted by atomic mass is 11.8. The van der Waals surface area contributed by atoms with Crippen molar-refractivity contribution < 1.29 is 0 Å². The molecule has 0 bridgehead atoms. The second kappa shape index (κ2) is 3.14. The predicted molar refractivity (Wildman–Crippen MR) is 51.5 cm³/mol. The van der Waals surface area contributed by atoms with E-state index < -0.39 is 14.1 Å². The molecule has 0 fully saturated rings. The van der Waals surface area contributed by atoms with Gasteiger partial charge in [0.05, 0.1) is 0 Å². The van der Waals surface area contributed by atoms with Gasteiger partial charge in [-0.15, -0.1) is 22.2 Å². The molecule has 0 aromatic rings. The van der Waals surface area contributed by atoms with Crippen LogP contribution in [0.3, 0.4) is 0 Å². The molecule has 0 unspecified atom stereocenters. The smallest absolute Gasteiger partial charge is 0.168 e. The van der Waals surface area contributed by atoms with E-state index in [-0.39, 0.29) is 0 Å². The summed E-state index contributed by atoms with van der Waals surface area (Å²) in [7, 11) is -1.52. The summed E-state index contributed by atoms with van der Waals surface area (Å²) < 4.78 is 0. The minimum atomic E-state index is -1.92. The van der Waals surface area contributed by atoms with Crippen LogP contribution in [0.5, 0.6) is 0 Å². The van der Waals surface area contributed by atoms with Crippen molar-refractivity contribution in [3.8, 4) is 0 Å². The molecule has 0 aromatic heterocycles. The van der Waals surface area contributed by atoms with Gasteiger partial charge in [0, 0.05) is 0 Å². The molecule has 0 aromatic carbocycles. The van der Waals surface area contributed by atoms with Gasteiger partial charge in [0.15, 0.2) is 0 Å². The van der Waals surface area contributed by atoms with Crippen molar-refractivity contribution >= 4 is 47.3 Å². The molecule has 0 nitrogen and oxygen atoms in total. The highest BCUT2D eigenvalue weighted by Crippen LogP contribution is 2.28. The Hall–Kier alpha value is 1.30. The first-order chi connectivity index (χ1) is 3.71. The maximum Gasteiger partial charge on any atom is 0.247 e. The number of rotatable bonds is 2. The predicted octanol–water partition coefficient (Wildman–Crippen LogP) is 3.52. The minimum Gasteiger partial charge on any atom is -0.168 e. The van der Waals surface area contributed by atoms with Crippen LogP contribution in [0.25, 0.3) is 0 Å². The van der Waals surface area contributed by atoms with Crippen molar-refractivity contribution in [2.45, 2.75) is 25.3 Å². The molecule has 0 rings (SSSR count). The molecule has 0 saturated heterocycles. The van der Waals surface area contributed by atoms with Crippen LogP contribution in [0.1, 0.15) is 0 Å². The topological polar surface area (TPSA) is 0 Å². The van der Waals surface area contributed by atoms with E-state index in [1.54, 1.807) is 0 Å². The van der Waals surface area contributed by atoms with Crippen LogP contribution in [0.2, 0.25) is 25.3 Å². The average molecular weight is 222 g/mol. The lowest BCUT2D eigenvalue weighted by molar-refractivity contribution is 1.72. The molecule has 5 heteroatoms. The average Bonchev–Trinajstić information content (AvgIpc) is 1.14. The van der Waals surface area contributed by atoms with Gasteiger partial charge in [0.2, 0.25) is 6.69 Å². The second-order valence-electron chi connectivity index (χ2n) is 2.97. The number of hydrogen-bond donors (Lipinski definition) is 0. The SMILES string of the molecule is C[Si](C)(Cl)C[Si](C)(Cl)Cl. The highest BCUT2D eigenvalue weighted by atomic mass is 35.7. The van der Waals surface area contributed by atoms with Gasteiger partial charge in [0.1, 0.15) is 7.38 Å². The van der Waals surface area contributed by atoms with Crippen molar-refractivity contribution in [2.24, 2.45) is 0 Å². The third kappa shape index (κ3) is 9.30. The summed E-state index contributed by atoms with van der Waals surface area (Å²) in [4.78, 5) is 0. The van der Waals surface area contributed by atoms with Gasteiger partial charge in [-0.1, -0.05) is 13.1 Å². The highest BCUT2D eigenvalue weighted by Gasteiger charge is 2.31. The van der Waals surface area contributed by atoms with Crippen LogP contribution in [0.15, 0.2) is 0 Å². The third-order valence-electron chi connectivity index (χ3n) is 0.731. The van der Waals surface area contributed by atoms with Crippen molar-refractivity contribution in [3.05, 3.63) is 0 Å². The maximum atomic E-state index is 6.02. The van der Waals surface area contributed by atoms with Gasteiger partial charge in [0.25, 0.3) is 0 Å². The molecular weight excluding hydrogens is 211 g/mol. The van der Waals surface area contributed by atoms with Gasteiger partial charge < -0.3 is 0 Å². The molecule has 0 spiro atoms. The summed E-state index contributed by atoms with van der Waals surface area (Å²) in [6.07, 6.45) is 0. The molecular formula is C4H11Cl3Si2. The van der Waals surface area contributed by atoms with E-state index >= 15 is 0 Å². The number of hydrogen-bond acceptors (Lipinski definition) is 0.